The van der Waals surface area contributed by atoms with Crippen molar-refractivity contribution in [2.75, 3.05) is 6.54 Å². The van der Waals surface area contributed by atoms with Crippen LogP contribution in [0.1, 0.15) is 26.7 Å². The maximum Gasteiger partial charge on any atom is 0.397 e. The van der Waals surface area contributed by atoms with Crippen LogP contribution in [-0.2, 0) is 4.79 Å². The fourth-order valence-electron chi connectivity index (χ4n) is 1.03. The smallest absolute Gasteiger partial charge is 0.351 e. The fraction of sp³-hybridized carbons (Fsp3) is 0.875. The molecule has 0 bridgehead atoms. The van der Waals surface area contributed by atoms with Crippen molar-refractivity contribution >= 4 is 5.91 Å². The number of hydrogen-bond donors (Lipinski definition) is 2. The summed E-state index contributed by atoms with van der Waals surface area (Å²) in [4.78, 5) is 10.9. The van der Waals surface area contributed by atoms with Gasteiger partial charge in [0.1, 0.15) is 6.42 Å². The molecule has 0 aromatic carbocycles. The summed E-state index contributed by atoms with van der Waals surface area (Å²) in [6.07, 6.45) is -5.46. The summed E-state index contributed by atoms with van der Waals surface area (Å²) in [6, 6.07) is 0. The van der Waals surface area contributed by atoms with E-state index in [-0.39, 0.29) is 0 Å². The van der Waals surface area contributed by atoms with Crippen molar-refractivity contribution in [3.8, 4) is 0 Å². The third kappa shape index (κ3) is 6.71. The van der Waals surface area contributed by atoms with Crippen LogP contribution in [-0.4, -0.2) is 24.2 Å². The molecule has 0 rings (SSSR count). The van der Waals surface area contributed by atoms with Crippen LogP contribution in [0.5, 0.6) is 0 Å². The van der Waals surface area contributed by atoms with Gasteiger partial charge in [-0.05, 0) is 26.8 Å². The number of carbonyl (C=O) groups is 1. The summed E-state index contributed by atoms with van der Waals surface area (Å²) in [5, 5.41) is 2.27. The van der Waals surface area contributed by atoms with Gasteiger partial charge in [0.25, 0.3) is 0 Å². The molecule has 14 heavy (non-hydrogen) atoms. The predicted octanol–water partition coefficient (Wildman–Crippen LogP) is 1.18. The van der Waals surface area contributed by atoms with Crippen LogP contribution in [0.2, 0.25) is 0 Å². The quantitative estimate of drug-likeness (QED) is 0.735. The van der Waals surface area contributed by atoms with Gasteiger partial charge in [0.2, 0.25) is 5.91 Å². The summed E-state index contributed by atoms with van der Waals surface area (Å²) in [5.74, 6) is -1.02. The van der Waals surface area contributed by atoms with Gasteiger partial charge in [-0.3, -0.25) is 4.79 Å². The minimum absolute atomic E-state index is 0.319. The van der Waals surface area contributed by atoms with Gasteiger partial charge in [-0.1, -0.05) is 0 Å². The number of amides is 1. The van der Waals surface area contributed by atoms with Crippen molar-refractivity contribution in [2.24, 2.45) is 5.73 Å². The van der Waals surface area contributed by atoms with E-state index < -0.39 is 24.0 Å². The Kier molecular flexibility index (Phi) is 4.38. The van der Waals surface area contributed by atoms with E-state index in [1.165, 1.54) is 0 Å². The summed E-state index contributed by atoms with van der Waals surface area (Å²) < 4.78 is 35.3. The van der Waals surface area contributed by atoms with Gasteiger partial charge in [0.05, 0.1) is 0 Å². The molecule has 1 amide bonds. The molecule has 0 unspecified atom stereocenters. The molecule has 0 aromatic rings. The van der Waals surface area contributed by atoms with Gasteiger partial charge >= 0.3 is 6.18 Å². The van der Waals surface area contributed by atoms with E-state index in [1.807, 2.05) is 0 Å². The van der Waals surface area contributed by atoms with Crippen LogP contribution in [0.3, 0.4) is 0 Å². The molecule has 84 valence electrons. The third-order valence-corrected chi connectivity index (χ3v) is 1.61. The summed E-state index contributed by atoms with van der Waals surface area (Å²) in [6.45, 7) is 3.58. The number of rotatable bonds is 4. The zero-order chi connectivity index (χ0) is 11.4. The standard InChI is InChI=1S/C8H15F3N2O/c1-7(2,3-4-12)13-6(14)5-8(9,10)11/h3-5,12H2,1-2H3,(H,13,14). The molecule has 0 radical (unpaired) electrons. The second-order valence-electron chi connectivity index (χ2n) is 3.76. The number of nitrogens with one attached hydrogen (secondary N) is 1. The van der Waals surface area contributed by atoms with E-state index in [1.54, 1.807) is 13.8 Å². The molecule has 0 spiro atoms. The Bertz CT molecular complexity index is 201. The molecule has 3 N–H and O–H groups in total. The number of halogens is 3. The minimum Gasteiger partial charge on any atom is -0.351 e. The first-order valence-corrected chi connectivity index (χ1v) is 4.24. The fourth-order valence-corrected chi connectivity index (χ4v) is 1.03. The monoisotopic (exact) mass is 212 g/mol. The summed E-state index contributed by atoms with van der Waals surface area (Å²) in [7, 11) is 0. The van der Waals surface area contributed by atoms with Crippen molar-refractivity contribution < 1.29 is 18.0 Å². The molecular formula is C8H15F3N2O. The first kappa shape index (κ1) is 13.2. The second kappa shape index (κ2) is 4.63. The Balaban J connectivity index is 4.06. The zero-order valence-electron chi connectivity index (χ0n) is 8.24. The van der Waals surface area contributed by atoms with Gasteiger partial charge in [0.15, 0.2) is 0 Å². The van der Waals surface area contributed by atoms with Crippen molar-refractivity contribution in [1.82, 2.24) is 5.32 Å². The van der Waals surface area contributed by atoms with E-state index in [2.05, 4.69) is 5.32 Å². The van der Waals surface area contributed by atoms with E-state index in [0.717, 1.165) is 0 Å². The average molecular weight is 212 g/mol. The van der Waals surface area contributed by atoms with Crippen LogP contribution in [0.4, 0.5) is 13.2 Å². The second-order valence-corrected chi connectivity index (χ2v) is 3.76. The lowest BCUT2D eigenvalue weighted by Crippen LogP contribution is -2.45. The Morgan fingerprint density at radius 2 is 1.86 bits per heavy atom. The minimum atomic E-state index is -4.46. The van der Waals surface area contributed by atoms with Crippen molar-refractivity contribution in [3.63, 3.8) is 0 Å². The molecule has 0 atom stereocenters. The maximum atomic E-state index is 11.8. The topological polar surface area (TPSA) is 55.1 Å². The van der Waals surface area contributed by atoms with Crippen LogP contribution in [0.15, 0.2) is 0 Å². The van der Waals surface area contributed by atoms with Crippen LogP contribution < -0.4 is 11.1 Å². The predicted molar refractivity (Wildman–Crippen MR) is 46.6 cm³/mol. The molecule has 0 aliphatic carbocycles. The number of nitrogens with two attached hydrogens (primary N) is 1. The maximum absolute atomic E-state index is 11.8. The zero-order valence-corrected chi connectivity index (χ0v) is 8.24. The lowest BCUT2D eigenvalue weighted by Gasteiger charge is -2.25. The highest BCUT2D eigenvalue weighted by Gasteiger charge is 2.33. The highest BCUT2D eigenvalue weighted by atomic mass is 19.4. The van der Waals surface area contributed by atoms with Crippen LogP contribution >= 0.6 is 0 Å². The van der Waals surface area contributed by atoms with Gasteiger partial charge in [-0.25, -0.2) is 0 Å². The third-order valence-electron chi connectivity index (χ3n) is 1.61. The summed E-state index contributed by atoms with van der Waals surface area (Å²) >= 11 is 0. The van der Waals surface area contributed by atoms with E-state index in [9.17, 15) is 18.0 Å². The van der Waals surface area contributed by atoms with E-state index in [0.29, 0.717) is 13.0 Å². The van der Waals surface area contributed by atoms with Gasteiger partial charge in [-0.2, -0.15) is 13.2 Å². The summed E-state index contributed by atoms with van der Waals surface area (Å²) in [5.41, 5.74) is 4.56. The van der Waals surface area contributed by atoms with Crippen LogP contribution in [0, 0.1) is 0 Å². The molecule has 0 saturated carbocycles. The van der Waals surface area contributed by atoms with Crippen molar-refractivity contribution in [1.29, 1.82) is 0 Å². The van der Waals surface area contributed by atoms with E-state index >= 15 is 0 Å². The lowest BCUT2D eigenvalue weighted by molar-refractivity contribution is -0.154. The lowest BCUT2D eigenvalue weighted by atomic mass is 10.0. The number of carbonyl (C=O) groups excluding carboxylic acids is 1. The highest BCUT2D eigenvalue weighted by molar-refractivity contribution is 5.77. The highest BCUT2D eigenvalue weighted by Crippen LogP contribution is 2.20. The Morgan fingerprint density at radius 1 is 1.36 bits per heavy atom. The molecule has 6 heteroatoms. The van der Waals surface area contributed by atoms with E-state index in [4.69, 9.17) is 5.73 Å². The molecule has 0 aliphatic rings. The molecule has 0 fully saturated rings. The SMILES string of the molecule is CC(C)(CCN)NC(=O)CC(F)(F)F. The normalized spacial score (nSPS) is 12.7. The Hall–Kier alpha value is -0.780. The number of alkyl halides is 3. The first-order valence-electron chi connectivity index (χ1n) is 4.24. The molecule has 0 saturated heterocycles. The Morgan fingerprint density at radius 3 is 2.21 bits per heavy atom. The largest absolute Gasteiger partial charge is 0.397 e. The Labute approximate surface area is 80.8 Å². The molecule has 3 nitrogen and oxygen atoms in total. The molecule has 0 aliphatic heterocycles. The number of hydrogen-bond acceptors (Lipinski definition) is 2. The molecular weight excluding hydrogens is 197 g/mol. The van der Waals surface area contributed by atoms with Crippen LogP contribution in [0.25, 0.3) is 0 Å². The average Bonchev–Trinajstić information content (AvgIpc) is 1.78. The molecule has 0 aromatic heterocycles. The molecule has 0 heterocycles. The van der Waals surface area contributed by atoms with Crippen molar-refractivity contribution in [2.45, 2.75) is 38.4 Å². The van der Waals surface area contributed by atoms with Gasteiger partial charge < -0.3 is 11.1 Å². The van der Waals surface area contributed by atoms with Crippen molar-refractivity contribution in [3.05, 3.63) is 0 Å². The van der Waals surface area contributed by atoms with Gasteiger partial charge in [0, 0.05) is 5.54 Å². The van der Waals surface area contributed by atoms with Gasteiger partial charge in [-0.15, -0.1) is 0 Å². The first-order chi connectivity index (χ1) is 6.16.